The van der Waals surface area contributed by atoms with E-state index >= 15 is 0 Å². The number of halogens is 1. The lowest BCUT2D eigenvalue weighted by Gasteiger charge is -2.31. The lowest BCUT2D eigenvalue weighted by molar-refractivity contribution is 0.0691. The van der Waals surface area contributed by atoms with E-state index in [0.29, 0.717) is 12.5 Å². The Balaban J connectivity index is 1.94. The van der Waals surface area contributed by atoms with Gasteiger partial charge in [-0.05, 0) is 49.5 Å². The van der Waals surface area contributed by atoms with Gasteiger partial charge in [-0.15, -0.1) is 0 Å². The van der Waals surface area contributed by atoms with E-state index in [9.17, 15) is 9.18 Å². The topological polar surface area (TPSA) is 49.8 Å². The van der Waals surface area contributed by atoms with Crippen LogP contribution in [0.2, 0.25) is 0 Å². The van der Waals surface area contributed by atoms with Crippen molar-refractivity contribution in [2.75, 3.05) is 26.8 Å². The van der Waals surface area contributed by atoms with Crippen LogP contribution < -0.4 is 0 Å². The van der Waals surface area contributed by atoms with E-state index in [1.165, 1.54) is 12.1 Å². The van der Waals surface area contributed by atoms with Gasteiger partial charge in [0.05, 0.1) is 5.56 Å². The molecular formula is C15H20FNO3. The van der Waals surface area contributed by atoms with Crippen molar-refractivity contribution >= 4 is 5.97 Å². The zero-order chi connectivity index (χ0) is 14.5. The number of piperidine rings is 1. The van der Waals surface area contributed by atoms with Gasteiger partial charge in [-0.3, -0.25) is 4.90 Å². The third kappa shape index (κ3) is 3.77. The molecule has 1 aromatic rings. The fourth-order valence-electron chi connectivity index (χ4n) is 2.64. The maximum Gasteiger partial charge on any atom is 0.338 e. The van der Waals surface area contributed by atoms with E-state index in [0.717, 1.165) is 38.1 Å². The Bertz CT molecular complexity index is 470. The van der Waals surface area contributed by atoms with Crippen LogP contribution in [0.15, 0.2) is 18.2 Å². The van der Waals surface area contributed by atoms with Crippen LogP contribution in [0.25, 0.3) is 0 Å². The van der Waals surface area contributed by atoms with Gasteiger partial charge in [0.25, 0.3) is 0 Å². The highest BCUT2D eigenvalue weighted by atomic mass is 19.1. The molecule has 0 aromatic heterocycles. The standard InChI is InChI=1S/C15H20FNO3/c1-20-10-11-4-6-17(7-5-11)9-12-2-3-14(16)13(8-12)15(18)19/h2-3,8,11H,4-7,9-10H2,1H3,(H,18,19). The number of carbonyl (C=O) groups is 1. The first-order chi connectivity index (χ1) is 9.60. The number of aromatic carboxylic acids is 1. The fourth-order valence-corrected chi connectivity index (χ4v) is 2.64. The number of rotatable bonds is 5. The number of hydrogen-bond donors (Lipinski definition) is 1. The van der Waals surface area contributed by atoms with Crippen LogP contribution in [0.4, 0.5) is 4.39 Å². The minimum atomic E-state index is -1.22. The monoisotopic (exact) mass is 281 g/mol. The summed E-state index contributed by atoms with van der Waals surface area (Å²) < 4.78 is 18.5. The first kappa shape index (κ1) is 14.9. The highest BCUT2D eigenvalue weighted by Gasteiger charge is 2.19. The molecule has 5 heteroatoms. The van der Waals surface area contributed by atoms with E-state index in [1.54, 1.807) is 13.2 Å². The van der Waals surface area contributed by atoms with Gasteiger partial charge in [0, 0.05) is 20.3 Å². The third-order valence-electron chi connectivity index (χ3n) is 3.78. The van der Waals surface area contributed by atoms with Crippen LogP contribution in [-0.2, 0) is 11.3 Å². The zero-order valence-corrected chi connectivity index (χ0v) is 11.6. The summed E-state index contributed by atoms with van der Waals surface area (Å²) in [6, 6.07) is 4.32. The summed E-state index contributed by atoms with van der Waals surface area (Å²) in [5.74, 6) is -1.29. The first-order valence-electron chi connectivity index (χ1n) is 6.83. The molecule has 1 aliphatic heterocycles. The first-order valence-corrected chi connectivity index (χ1v) is 6.83. The van der Waals surface area contributed by atoms with Crippen molar-refractivity contribution in [3.63, 3.8) is 0 Å². The van der Waals surface area contributed by atoms with Gasteiger partial charge < -0.3 is 9.84 Å². The highest BCUT2D eigenvalue weighted by molar-refractivity contribution is 5.88. The van der Waals surface area contributed by atoms with Crippen LogP contribution in [0.3, 0.4) is 0 Å². The molecule has 0 amide bonds. The second kappa shape index (κ2) is 6.81. The van der Waals surface area contributed by atoms with Crippen LogP contribution in [0.1, 0.15) is 28.8 Å². The average Bonchev–Trinajstić information content (AvgIpc) is 2.43. The summed E-state index contributed by atoms with van der Waals surface area (Å²) in [6.07, 6.45) is 2.17. The quantitative estimate of drug-likeness (QED) is 0.900. The van der Waals surface area contributed by atoms with E-state index < -0.39 is 11.8 Å². The zero-order valence-electron chi connectivity index (χ0n) is 11.6. The molecule has 0 atom stereocenters. The van der Waals surface area contributed by atoms with Crippen LogP contribution in [0.5, 0.6) is 0 Å². The number of benzene rings is 1. The molecule has 0 aliphatic carbocycles. The Labute approximate surface area is 118 Å². The molecule has 4 nitrogen and oxygen atoms in total. The number of ether oxygens (including phenoxy) is 1. The number of carboxylic acids is 1. The highest BCUT2D eigenvalue weighted by Crippen LogP contribution is 2.20. The molecule has 0 spiro atoms. The largest absolute Gasteiger partial charge is 0.478 e. The van der Waals surface area contributed by atoms with Crippen molar-refractivity contribution in [3.05, 3.63) is 35.1 Å². The van der Waals surface area contributed by atoms with Gasteiger partial charge in [-0.25, -0.2) is 9.18 Å². The van der Waals surface area contributed by atoms with Crippen molar-refractivity contribution < 1.29 is 19.0 Å². The summed E-state index contributed by atoms with van der Waals surface area (Å²) in [5.41, 5.74) is 0.589. The molecule has 0 bridgehead atoms. The fraction of sp³-hybridized carbons (Fsp3) is 0.533. The number of hydrogen-bond acceptors (Lipinski definition) is 3. The smallest absolute Gasteiger partial charge is 0.338 e. The number of carboxylic acid groups (broad SMARTS) is 1. The number of methoxy groups -OCH3 is 1. The summed E-state index contributed by atoms with van der Waals surface area (Å²) >= 11 is 0. The molecule has 1 N–H and O–H groups in total. The van der Waals surface area contributed by atoms with Crippen LogP contribution >= 0.6 is 0 Å². The average molecular weight is 281 g/mol. The molecule has 2 rings (SSSR count). The Hall–Kier alpha value is -1.46. The van der Waals surface area contributed by atoms with Gasteiger partial charge in [0.2, 0.25) is 0 Å². The Kier molecular flexibility index (Phi) is 5.09. The van der Waals surface area contributed by atoms with E-state index in [4.69, 9.17) is 9.84 Å². The molecule has 110 valence electrons. The van der Waals surface area contributed by atoms with E-state index in [1.807, 2.05) is 0 Å². The molecule has 1 heterocycles. The molecule has 1 fully saturated rings. The van der Waals surface area contributed by atoms with Crippen molar-refractivity contribution in [3.8, 4) is 0 Å². The SMILES string of the molecule is COCC1CCN(Cc2ccc(F)c(C(=O)O)c2)CC1. The predicted molar refractivity (Wildman–Crippen MR) is 73.2 cm³/mol. The lowest BCUT2D eigenvalue weighted by atomic mass is 9.97. The van der Waals surface area contributed by atoms with Gasteiger partial charge in [0.15, 0.2) is 0 Å². The molecule has 1 saturated heterocycles. The molecule has 20 heavy (non-hydrogen) atoms. The van der Waals surface area contributed by atoms with E-state index in [-0.39, 0.29) is 5.56 Å². The van der Waals surface area contributed by atoms with Crippen molar-refractivity contribution in [1.29, 1.82) is 0 Å². The van der Waals surface area contributed by atoms with Crippen molar-refractivity contribution in [1.82, 2.24) is 4.90 Å². The van der Waals surface area contributed by atoms with E-state index in [2.05, 4.69) is 4.90 Å². The minimum Gasteiger partial charge on any atom is -0.478 e. The second-order valence-corrected chi connectivity index (χ2v) is 5.29. The van der Waals surface area contributed by atoms with Crippen LogP contribution in [-0.4, -0.2) is 42.8 Å². The molecule has 1 aromatic carbocycles. The van der Waals surface area contributed by atoms with Crippen LogP contribution in [0, 0.1) is 11.7 Å². The van der Waals surface area contributed by atoms with Gasteiger partial charge in [-0.2, -0.15) is 0 Å². The Morgan fingerprint density at radius 1 is 1.45 bits per heavy atom. The third-order valence-corrected chi connectivity index (χ3v) is 3.78. The molecular weight excluding hydrogens is 261 g/mol. The Morgan fingerprint density at radius 2 is 2.15 bits per heavy atom. The Morgan fingerprint density at radius 3 is 2.75 bits per heavy atom. The van der Waals surface area contributed by atoms with Gasteiger partial charge in [0.1, 0.15) is 5.82 Å². The molecule has 0 unspecified atom stereocenters. The van der Waals surface area contributed by atoms with Gasteiger partial charge in [-0.1, -0.05) is 6.07 Å². The van der Waals surface area contributed by atoms with Crippen molar-refractivity contribution in [2.45, 2.75) is 19.4 Å². The minimum absolute atomic E-state index is 0.253. The summed E-state index contributed by atoms with van der Waals surface area (Å²) in [7, 11) is 1.72. The predicted octanol–water partition coefficient (Wildman–Crippen LogP) is 2.38. The lowest BCUT2D eigenvalue weighted by Crippen LogP contribution is -2.34. The molecule has 1 aliphatic rings. The van der Waals surface area contributed by atoms with Crippen molar-refractivity contribution in [2.24, 2.45) is 5.92 Å². The summed E-state index contributed by atoms with van der Waals surface area (Å²) in [5, 5.41) is 8.92. The number of nitrogens with zero attached hydrogens (tertiary/aromatic N) is 1. The maximum atomic E-state index is 13.3. The van der Waals surface area contributed by atoms with Gasteiger partial charge >= 0.3 is 5.97 Å². The normalized spacial score (nSPS) is 17.3. The summed E-state index contributed by atoms with van der Waals surface area (Å²) in [4.78, 5) is 13.2. The molecule has 0 radical (unpaired) electrons. The summed E-state index contributed by atoms with van der Waals surface area (Å²) in [6.45, 7) is 3.40. The maximum absolute atomic E-state index is 13.3. The molecule has 0 saturated carbocycles. The number of likely N-dealkylation sites (tertiary alicyclic amines) is 1. The second-order valence-electron chi connectivity index (χ2n) is 5.29.